The van der Waals surface area contributed by atoms with E-state index in [-0.39, 0.29) is 11.8 Å². The predicted octanol–water partition coefficient (Wildman–Crippen LogP) is 3.64. The Balaban J connectivity index is 1.74. The monoisotopic (exact) mass is 328 g/mol. The van der Waals surface area contributed by atoms with Gasteiger partial charge < -0.3 is 10.2 Å². The maximum absolute atomic E-state index is 12.5. The van der Waals surface area contributed by atoms with Gasteiger partial charge in [-0.15, -0.1) is 0 Å². The highest BCUT2D eigenvalue weighted by atomic mass is 35.5. The summed E-state index contributed by atoms with van der Waals surface area (Å²) >= 11 is 6.06. The van der Waals surface area contributed by atoms with Crippen LogP contribution < -0.4 is 10.2 Å². The third kappa shape index (κ3) is 3.08. The van der Waals surface area contributed by atoms with Crippen molar-refractivity contribution >= 4 is 34.8 Å². The Kier molecular flexibility index (Phi) is 4.35. The first-order valence-electron chi connectivity index (χ1n) is 7.50. The molecule has 0 aliphatic carbocycles. The molecule has 23 heavy (non-hydrogen) atoms. The van der Waals surface area contributed by atoms with Gasteiger partial charge in [0.05, 0.1) is 0 Å². The molecule has 0 saturated carbocycles. The SMILES string of the molecule is Cc1c(Cl)cccc1NC(=O)[C@@H]1CCN(c2ccccc2)C1=O. The molecule has 2 amide bonds. The van der Waals surface area contributed by atoms with Crippen molar-refractivity contribution in [2.45, 2.75) is 13.3 Å². The molecule has 1 N–H and O–H groups in total. The lowest BCUT2D eigenvalue weighted by atomic mass is 10.1. The molecule has 1 aliphatic rings. The molecular formula is C18H17ClN2O2. The summed E-state index contributed by atoms with van der Waals surface area (Å²) in [5.74, 6) is -1.10. The van der Waals surface area contributed by atoms with Crippen LogP contribution in [0.25, 0.3) is 0 Å². The molecule has 118 valence electrons. The quantitative estimate of drug-likeness (QED) is 0.874. The van der Waals surface area contributed by atoms with Crippen molar-refractivity contribution in [3.63, 3.8) is 0 Å². The zero-order valence-electron chi connectivity index (χ0n) is 12.8. The highest BCUT2D eigenvalue weighted by Gasteiger charge is 2.37. The minimum Gasteiger partial charge on any atom is -0.325 e. The Hall–Kier alpha value is -2.33. The normalized spacial score (nSPS) is 17.4. The van der Waals surface area contributed by atoms with Gasteiger partial charge in [0, 0.05) is 22.9 Å². The molecule has 3 rings (SSSR count). The number of rotatable bonds is 3. The number of hydrogen-bond acceptors (Lipinski definition) is 2. The lowest BCUT2D eigenvalue weighted by Crippen LogP contribution is -2.33. The van der Waals surface area contributed by atoms with Gasteiger partial charge in [0.15, 0.2) is 0 Å². The molecule has 1 atom stereocenters. The molecule has 5 heteroatoms. The number of carbonyl (C=O) groups excluding carboxylic acids is 2. The number of para-hydroxylation sites is 1. The minimum absolute atomic E-state index is 0.159. The van der Waals surface area contributed by atoms with E-state index < -0.39 is 5.92 Å². The van der Waals surface area contributed by atoms with Crippen LogP contribution in [-0.4, -0.2) is 18.4 Å². The smallest absolute Gasteiger partial charge is 0.239 e. The van der Waals surface area contributed by atoms with Crippen LogP contribution in [0.1, 0.15) is 12.0 Å². The van der Waals surface area contributed by atoms with Gasteiger partial charge in [-0.05, 0) is 43.2 Å². The predicted molar refractivity (Wildman–Crippen MR) is 91.7 cm³/mol. The molecule has 0 unspecified atom stereocenters. The molecule has 4 nitrogen and oxygen atoms in total. The van der Waals surface area contributed by atoms with Gasteiger partial charge >= 0.3 is 0 Å². The van der Waals surface area contributed by atoms with Gasteiger partial charge in [-0.2, -0.15) is 0 Å². The summed E-state index contributed by atoms with van der Waals surface area (Å²) in [6.45, 7) is 2.39. The topological polar surface area (TPSA) is 49.4 Å². The number of halogens is 1. The first kappa shape index (κ1) is 15.6. The fraction of sp³-hybridized carbons (Fsp3) is 0.222. The molecule has 0 radical (unpaired) electrons. The fourth-order valence-electron chi connectivity index (χ4n) is 2.75. The van der Waals surface area contributed by atoms with Crippen molar-refractivity contribution in [3.05, 3.63) is 59.1 Å². The average molecular weight is 329 g/mol. The summed E-state index contributed by atoms with van der Waals surface area (Å²) in [5.41, 5.74) is 2.27. The van der Waals surface area contributed by atoms with E-state index in [0.717, 1.165) is 11.3 Å². The lowest BCUT2D eigenvalue weighted by Gasteiger charge is -2.17. The van der Waals surface area contributed by atoms with Crippen molar-refractivity contribution in [1.29, 1.82) is 0 Å². The highest BCUT2D eigenvalue weighted by molar-refractivity contribution is 6.31. The van der Waals surface area contributed by atoms with E-state index in [1.54, 1.807) is 23.1 Å². The van der Waals surface area contributed by atoms with Crippen LogP contribution >= 0.6 is 11.6 Å². The molecule has 1 aliphatic heterocycles. The van der Waals surface area contributed by atoms with Gasteiger partial charge in [0.25, 0.3) is 0 Å². The summed E-state index contributed by atoms with van der Waals surface area (Å²) in [6.07, 6.45) is 0.513. The number of anilines is 2. The van der Waals surface area contributed by atoms with Crippen LogP contribution in [-0.2, 0) is 9.59 Å². The molecule has 0 aromatic heterocycles. The fourth-order valence-corrected chi connectivity index (χ4v) is 2.92. The largest absolute Gasteiger partial charge is 0.325 e. The second-order valence-electron chi connectivity index (χ2n) is 5.57. The molecular weight excluding hydrogens is 312 g/mol. The second-order valence-corrected chi connectivity index (χ2v) is 5.98. The molecule has 1 heterocycles. The first-order chi connectivity index (χ1) is 11.1. The summed E-state index contributed by atoms with van der Waals surface area (Å²) in [4.78, 5) is 26.7. The van der Waals surface area contributed by atoms with Gasteiger partial charge in [0.2, 0.25) is 11.8 Å². The zero-order valence-corrected chi connectivity index (χ0v) is 13.5. The molecule has 0 spiro atoms. The van der Waals surface area contributed by atoms with Crippen LogP contribution in [0.2, 0.25) is 5.02 Å². The van der Waals surface area contributed by atoms with Crippen molar-refractivity contribution in [3.8, 4) is 0 Å². The third-order valence-corrected chi connectivity index (χ3v) is 4.52. The van der Waals surface area contributed by atoms with E-state index in [1.165, 1.54) is 0 Å². The van der Waals surface area contributed by atoms with Gasteiger partial charge in [-0.25, -0.2) is 0 Å². The Morgan fingerprint density at radius 1 is 1.17 bits per heavy atom. The summed E-state index contributed by atoms with van der Waals surface area (Å²) in [6, 6.07) is 14.7. The van der Waals surface area contributed by atoms with E-state index >= 15 is 0 Å². The standard InChI is InChI=1S/C18H17ClN2O2/c1-12-15(19)8-5-9-16(12)20-17(22)14-10-11-21(18(14)23)13-6-3-2-4-7-13/h2-9,14H,10-11H2,1H3,(H,20,22)/t14-/m0/s1. The summed E-state index contributed by atoms with van der Waals surface area (Å²) < 4.78 is 0. The van der Waals surface area contributed by atoms with Crippen LogP contribution in [0.3, 0.4) is 0 Å². The Morgan fingerprint density at radius 3 is 2.65 bits per heavy atom. The minimum atomic E-state index is -0.659. The van der Waals surface area contributed by atoms with E-state index in [0.29, 0.717) is 23.7 Å². The number of benzene rings is 2. The summed E-state index contributed by atoms with van der Waals surface area (Å²) in [5, 5.41) is 3.41. The number of nitrogens with zero attached hydrogens (tertiary/aromatic N) is 1. The molecule has 1 fully saturated rings. The van der Waals surface area contributed by atoms with E-state index in [1.807, 2.05) is 37.3 Å². The number of hydrogen-bond donors (Lipinski definition) is 1. The zero-order chi connectivity index (χ0) is 16.4. The second kappa shape index (κ2) is 6.42. The number of nitrogens with one attached hydrogen (secondary N) is 1. The maximum atomic E-state index is 12.5. The average Bonchev–Trinajstić information content (AvgIpc) is 2.94. The van der Waals surface area contributed by atoms with Crippen molar-refractivity contribution in [2.24, 2.45) is 5.92 Å². The Labute approximate surface area is 140 Å². The maximum Gasteiger partial charge on any atom is 0.239 e. The van der Waals surface area contributed by atoms with Crippen molar-refractivity contribution in [1.82, 2.24) is 0 Å². The van der Waals surface area contributed by atoms with Crippen LogP contribution in [0, 0.1) is 12.8 Å². The summed E-state index contributed by atoms with van der Waals surface area (Å²) in [7, 11) is 0. The van der Waals surface area contributed by atoms with E-state index in [2.05, 4.69) is 5.32 Å². The highest BCUT2D eigenvalue weighted by Crippen LogP contribution is 2.28. The number of carbonyl (C=O) groups is 2. The van der Waals surface area contributed by atoms with Crippen molar-refractivity contribution in [2.75, 3.05) is 16.8 Å². The molecule has 0 bridgehead atoms. The molecule has 2 aromatic carbocycles. The van der Waals surface area contributed by atoms with Crippen LogP contribution in [0.5, 0.6) is 0 Å². The Morgan fingerprint density at radius 2 is 1.91 bits per heavy atom. The molecule has 1 saturated heterocycles. The van der Waals surface area contributed by atoms with Crippen LogP contribution in [0.15, 0.2) is 48.5 Å². The van der Waals surface area contributed by atoms with Gasteiger partial charge in [-0.1, -0.05) is 35.9 Å². The van der Waals surface area contributed by atoms with E-state index in [4.69, 9.17) is 11.6 Å². The third-order valence-electron chi connectivity index (χ3n) is 4.12. The Bertz CT molecular complexity index is 746. The van der Waals surface area contributed by atoms with Gasteiger partial charge in [0.1, 0.15) is 5.92 Å². The van der Waals surface area contributed by atoms with Gasteiger partial charge in [-0.3, -0.25) is 9.59 Å². The van der Waals surface area contributed by atoms with Crippen LogP contribution in [0.4, 0.5) is 11.4 Å². The number of amides is 2. The molecule has 2 aromatic rings. The lowest BCUT2D eigenvalue weighted by molar-refractivity contribution is -0.129. The van der Waals surface area contributed by atoms with Crippen molar-refractivity contribution < 1.29 is 9.59 Å². The van der Waals surface area contributed by atoms with E-state index in [9.17, 15) is 9.59 Å². The first-order valence-corrected chi connectivity index (χ1v) is 7.88.